The Morgan fingerprint density at radius 3 is 1.89 bits per heavy atom. The summed E-state index contributed by atoms with van der Waals surface area (Å²) in [4.78, 5) is 0. The lowest BCUT2D eigenvalue weighted by Crippen LogP contribution is -2.32. The van der Waals surface area contributed by atoms with E-state index in [1.165, 1.54) is 6.04 Å². The van der Waals surface area contributed by atoms with Crippen molar-refractivity contribution < 1.29 is 4.12 Å². The van der Waals surface area contributed by atoms with Crippen molar-refractivity contribution in [1.82, 2.24) is 0 Å². The van der Waals surface area contributed by atoms with Crippen LogP contribution >= 0.6 is 0 Å². The highest BCUT2D eigenvalue weighted by Gasteiger charge is 2.17. The van der Waals surface area contributed by atoms with E-state index in [0.29, 0.717) is 0 Å². The molecule has 0 aromatic rings. The number of hydrogen-bond donors (Lipinski definition) is 0. The first kappa shape index (κ1) is 9.39. The van der Waals surface area contributed by atoms with Crippen molar-refractivity contribution in [2.75, 3.05) is 0 Å². The first-order valence-corrected chi connectivity index (χ1v) is 8.99. The van der Waals surface area contributed by atoms with Crippen LogP contribution in [0.4, 0.5) is 0 Å². The molecule has 0 aliphatic rings. The van der Waals surface area contributed by atoms with Gasteiger partial charge in [0, 0.05) is 0 Å². The Bertz CT molecular complexity index is 77.6. The fraction of sp³-hybridized carbons (Fsp3) is 1.00. The molecule has 0 saturated carbocycles. The van der Waals surface area contributed by atoms with Gasteiger partial charge < -0.3 is 4.12 Å². The summed E-state index contributed by atoms with van der Waals surface area (Å²) in [6, 6.07) is 1.23. The number of hydrogen-bond acceptors (Lipinski definition) is 1. The van der Waals surface area contributed by atoms with Gasteiger partial charge in [-0.25, -0.2) is 0 Å². The Hall–Kier alpha value is 0.394. The summed E-state index contributed by atoms with van der Waals surface area (Å²) in [6.45, 7) is 11.2. The molecule has 9 heavy (non-hydrogen) atoms. The lowest BCUT2D eigenvalue weighted by molar-refractivity contribution is 0.575. The molecule has 0 atom stereocenters. The first-order valence-electron chi connectivity index (χ1n) is 3.47. The van der Waals surface area contributed by atoms with Gasteiger partial charge in [-0.05, 0) is 32.2 Å². The van der Waals surface area contributed by atoms with Gasteiger partial charge >= 0.3 is 0 Å². The second kappa shape index (κ2) is 3.53. The van der Waals surface area contributed by atoms with Gasteiger partial charge in [0.15, 0.2) is 17.4 Å². The molecule has 0 fully saturated rings. The van der Waals surface area contributed by atoms with Crippen molar-refractivity contribution in [2.45, 2.75) is 39.2 Å². The highest BCUT2D eigenvalue weighted by molar-refractivity contribution is 6.77. The largest absolute Gasteiger partial charge is 0.456 e. The van der Waals surface area contributed by atoms with Crippen LogP contribution in [0, 0.1) is 0 Å². The van der Waals surface area contributed by atoms with E-state index in [-0.39, 0.29) is 0 Å². The molecule has 0 rings (SSSR count). The van der Waals surface area contributed by atoms with Gasteiger partial charge in [0.1, 0.15) is 0 Å². The van der Waals surface area contributed by atoms with Crippen LogP contribution in [-0.2, 0) is 4.12 Å². The molecule has 0 aliphatic heterocycles. The standard InChI is InChI=1S/C6H17OSi2/c1-6-8(2)7-9(3,4)5/h6H2,1-5H3. The van der Waals surface area contributed by atoms with Crippen molar-refractivity contribution in [2.24, 2.45) is 0 Å². The van der Waals surface area contributed by atoms with Gasteiger partial charge in [-0.2, -0.15) is 0 Å². The number of rotatable bonds is 3. The first-order chi connectivity index (χ1) is 3.95. The maximum Gasteiger partial charge on any atom is 0.194 e. The van der Waals surface area contributed by atoms with Gasteiger partial charge in [-0.15, -0.1) is 0 Å². The molecule has 0 heterocycles. The van der Waals surface area contributed by atoms with E-state index in [0.717, 1.165) is 0 Å². The fourth-order valence-corrected chi connectivity index (χ4v) is 5.35. The van der Waals surface area contributed by atoms with Gasteiger partial charge in [0.25, 0.3) is 0 Å². The summed E-state index contributed by atoms with van der Waals surface area (Å²) in [5, 5.41) is 0. The zero-order valence-electron chi connectivity index (χ0n) is 7.12. The van der Waals surface area contributed by atoms with Crippen molar-refractivity contribution in [1.29, 1.82) is 0 Å². The molecule has 55 valence electrons. The van der Waals surface area contributed by atoms with Crippen molar-refractivity contribution in [3.8, 4) is 0 Å². The molecule has 0 aromatic carbocycles. The lowest BCUT2D eigenvalue weighted by atomic mass is 11.0. The third kappa shape index (κ3) is 6.28. The minimum absolute atomic E-state index is 0.425. The molecule has 1 radical (unpaired) electrons. The quantitative estimate of drug-likeness (QED) is 0.578. The fourth-order valence-electron chi connectivity index (χ4n) is 0.595. The Morgan fingerprint density at radius 2 is 1.78 bits per heavy atom. The van der Waals surface area contributed by atoms with E-state index >= 15 is 0 Å². The second-order valence-corrected chi connectivity index (χ2v) is 10.4. The SMILES string of the molecule is CC[Si](C)O[Si](C)(C)C. The van der Waals surface area contributed by atoms with Crippen LogP contribution in [0.25, 0.3) is 0 Å². The average molecular weight is 161 g/mol. The minimum atomic E-state index is -1.20. The molecule has 3 heteroatoms. The predicted molar refractivity (Wildman–Crippen MR) is 46.5 cm³/mol. The minimum Gasteiger partial charge on any atom is -0.456 e. The van der Waals surface area contributed by atoms with E-state index in [2.05, 4.69) is 33.1 Å². The van der Waals surface area contributed by atoms with E-state index < -0.39 is 17.4 Å². The summed E-state index contributed by atoms with van der Waals surface area (Å²) in [5.74, 6) is 0. The molecular formula is C6H17OSi2. The summed E-state index contributed by atoms with van der Waals surface area (Å²) in [7, 11) is -1.62. The molecular weight excluding hydrogens is 144 g/mol. The Labute approximate surface area is 61.3 Å². The molecule has 0 unspecified atom stereocenters. The van der Waals surface area contributed by atoms with E-state index in [9.17, 15) is 0 Å². The third-order valence-corrected chi connectivity index (χ3v) is 5.82. The molecule has 0 amide bonds. The van der Waals surface area contributed by atoms with Crippen LogP contribution in [0.1, 0.15) is 6.92 Å². The monoisotopic (exact) mass is 161 g/mol. The highest BCUT2D eigenvalue weighted by Crippen LogP contribution is 2.06. The summed E-state index contributed by atoms with van der Waals surface area (Å²) >= 11 is 0. The Balaban J connectivity index is 3.47. The Morgan fingerprint density at radius 1 is 1.33 bits per heavy atom. The summed E-state index contributed by atoms with van der Waals surface area (Å²) in [6.07, 6.45) is 0. The summed E-state index contributed by atoms with van der Waals surface area (Å²) in [5.41, 5.74) is 0. The molecule has 0 N–H and O–H groups in total. The highest BCUT2D eigenvalue weighted by atomic mass is 28.4. The van der Waals surface area contributed by atoms with Crippen LogP contribution < -0.4 is 0 Å². The predicted octanol–water partition coefficient (Wildman–Crippen LogP) is 2.48. The van der Waals surface area contributed by atoms with Crippen LogP contribution in [0.3, 0.4) is 0 Å². The molecule has 0 aromatic heterocycles. The maximum atomic E-state index is 5.83. The molecule has 0 spiro atoms. The average Bonchev–Trinajstić information content (AvgIpc) is 1.62. The van der Waals surface area contributed by atoms with Crippen molar-refractivity contribution in [3.63, 3.8) is 0 Å². The van der Waals surface area contributed by atoms with E-state index in [1.54, 1.807) is 0 Å². The topological polar surface area (TPSA) is 9.23 Å². The van der Waals surface area contributed by atoms with Gasteiger partial charge in [0.05, 0.1) is 0 Å². The van der Waals surface area contributed by atoms with Crippen LogP contribution in [0.15, 0.2) is 0 Å². The second-order valence-electron chi connectivity index (χ2n) is 3.27. The van der Waals surface area contributed by atoms with Gasteiger partial charge in [0.2, 0.25) is 0 Å². The normalized spacial score (nSPS) is 12.7. The van der Waals surface area contributed by atoms with Crippen LogP contribution in [0.2, 0.25) is 32.2 Å². The zero-order valence-corrected chi connectivity index (χ0v) is 9.12. The van der Waals surface area contributed by atoms with Gasteiger partial charge in [-0.3, -0.25) is 0 Å². The smallest absolute Gasteiger partial charge is 0.194 e. The molecule has 1 nitrogen and oxygen atoms in total. The molecule has 0 aliphatic carbocycles. The van der Waals surface area contributed by atoms with Gasteiger partial charge in [-0.1, -0.05) is 6.92 Å². The summed E-state index contributed by atoms with van der Waals surface area (Å²) < 4.78 is 5.83. The lowest BCUT2D eigenvalue weighted by Gasteiger charge is -2.21. The van der Waals surface area contributed by atoms with E-state index in [4.69, 9.17) is 4.12 Å². The van der Waals surface area contributed by atoms with E-state index in [1.807, 2.05) is 0 Å². The molecule has 0 saturated heterocycles. The van der Waals surface area contributed by atoms with Crippen LogP contribution in [0.5, 0.6) is 0 Å². The zero-order chi connectivity index (χ0) is 7.49. The van der Waals surface area contributed by atoms with Crippen molar-refractivity contribution >= 4 is 17.4 Å². The maximum absolute atomic E-state index is 5.83. The third-order valence-electron chi connectivity index (χ3n) is 0.978. The Kier molecular flexibility index (Phi) is 3.69. The van der Waals surface area contributed by atoms with Crippen molar-refractivity contribution in [3.05, 3.63) is 0 Å². The molecule has 0 bridgehead atoms. The van der Waals surface area contributed by atoms with Crippen LogP contribution in [-0.4, -0.2) is 17.4 Å².